The number of nitrogens with one attached hydrogen (secondary N) is 1. The van der Waals surface area contributed by atoms with Gasteiger partial charge < -0.3 is 0 Å². The van der Waals surface area contributed by atoms with Crippen molar-refractivity contribution in [2.45, 2.75) is 46.5 Å². The maximum absolute atomic E-state index is 11.2. The van der Waals surface area contributed by atoms with Crippen LogP contribution in [0.3, 0.4) is 0 Å². The van der Waals surface area contributed by atoms with E-state index in [9.17, 15) is 20.2 Å². The highest BCUT2D eigenvalue weighted by Crippen LogP contribution is 2.61. The van der Waals surface area contributed by atoms with E-state index in [0.717, 1.165) is 31.0 Å². The second-order valence-electron chi connectivity index (χ2n) is 7.71. The number of non-ortho nitro benzene ring substituents is 1. The summed E-state index contributed by atoms with van der Waals surface area (Å²) in [4.78, 5) is 20.8. The summed E-state index contributed by atoms with van der Waals surface area (Å²) in [5.74, 6) is 0.685. The summed E-state index contributed by atoms with van der Waals surface area (Å²) in [5, 5.41) is 26.6. The van der Waals surface area contributed by atoms with Gasteiger partial charge in [-0.3, -0.25) is 25.7 Å². The highest BCUT2D eigenvalue weighted by Gasteiger charge is 2.56. The molecule has 1 aromatic rings. The number of fused-ring (bicyclic) bond motifs is 2. The fraction of sp³-hybridized carbons (Fsp3) is 0.588. The number of hydrogen-bond donors (Lipinski definition) is 1. The summed E-state index contributed by atoms with van der Waals surface area (Å²) in [6.45, 7) is 6.76. The van der Waals surface area contributed by atoms with Crippen LogP contribution >= 0.6 is 0 Å². The van der Waals surface area contributed by atoms with Crippen LogP contribution in [0.2, 0.25) is 0 Å². The lowest BCUT2D eigenvalue weighted by atomic mass is 9.58. The van der Waals surface area contributed by atoms with Crippen LogP contribution in [-0.4, -0.2) is 15.6 Å². The summed E-state index contributed by atoms with van der Waals surface area (Å²) < 4.78 is 0. The zero-order valence-corrected chi connectivity index (χ0v) is 14.6. The minimum Gasteiger partial charge on any atom is -0.272 e. The Morgan fingerprint density at radius 3 is 2.52 bits per heavy atom. The second-order valence-corrected chi connectivity index (χ2v) is 7.71. The minimum atomic E-state index is -0.647. The molecule has 0 aliphatic heterocycles. The molecule has 2 atom stereocenters. The van der Waals surface area contributed by atoms with Gasteiger partial charge in [-0.05, 0) is 43.1 Å². The zero-order valence-electron chi connectivity index (χ0n) is 14.6. The molecular weight excluding hydrogens is 324 g/mol. The third kappa shape index (κ3) is 2.65. The van der Waals surface area contributed by atoms with E-state index in [2.05, 4.69) is 31.3 Å². The lowest BCUT2D eigenvalue weighted by Crippen LogP contribution is -2.44. The molecule has 1 aromatic carbocycles. The van der Waals surface area contributed by atoms with Crippen molar-refractivity contribution in [3.05, 3.63) is 38.4 Å². The van der Waals surface area contributed by atoms with E-state index in [1.807, 2.05) is 0 Å². The van der Waals surface area contributed by atoms with Crippen LogP contribution in [0.5, 0.6) is 0 Å². The van der Waals surface area contributed by atoms with Crippen molar-refractivity contribution < 1.29 is 9.85 Å². The van der Waals surface area contributed by atoms with E-state index in [1.165, 1.54) is 18.6 Å². The van der Waals surface area contributed by atoms with Gasteiger partial charge in [-0.1, -0.05) is 20.8 Å². The summed E-state index contributed by atoms with van der Waals surface area (Å²) in [6, 6.07) is 3.54. The van der Waals surface area contributed by atoms with E-state index >= 15 is 0 Å². The molecule has 0 spiro atoms. The number of hydrogen-bond acceptors (Lipinski definition) is 6. The molecule has 25 heavy (non-hydrogen) atoms. The zero-order chi connectivity index (χ0) is 18.4. The van der Waals surface area contributed by atoms with Gasteiger partial charge in [0.1, 0.15) is 5.69 Å². The Bertz CT molecular complexity index is 774. The molecule has 2 aliphatic rings. The van der Waals surface area contributed by atoms with Crippen molar-refractivity contribution >= 4 is 22.8 Å². The first-order valence-corrected chi connectivity index (χ1v) is 8.43. The van der Waals surface area contributed by atoms with Crippen LogP contribution in [0.15, 0.2) is 23.3 Å². The fourth-order valence-corrected chi connectivity index (χ4v) is 4.39. The third-order valence-corrected chi connectivity index (χ3v) is 6.50. The van der Waals surface area contributed by atoms with Gasteiger partial charge in [-0.2, -0.15) is 5.10 Å². The van der Waals surface area contributed by atoms with Crippen LogP contribution < -0.4 is 5.43 Å². The summed E-state index contributed by atoms with van der Waals surface area (Å²) in [6.07, 6.45) is 4.19. The van der Waals surface area contributed by atoms with Crippen molar-refractivity contribution in [2.75, 3.05) is 5.43 Å². The van der Waals surface area contributed by atoms with Crippen molar-refractivity contribution in [3.8, 4) is 0 Å². The molecule has 0 unspecified atom stereocenters. The highest BCUT2D eigenvalue weighted by molar-refractivity contribution is 5.92. The van der Waals surface area contributed by atoms with E-state index in [0.29, 0.717) is 5.92 Å². The first-order valence-electron chi connectivity index (χ1n) is 8.43. The van der Waals surface area contributed by atoms with Gasteiger partial charge in [0.2, 0.25) is 0 Å². The van der Waals surface area contributed by atoms with Crippen LogP contribution in [0, 0.1) is 37.0 Å². The molecule has 3 rings (SSSR count). The normalized spacial score (nSPS) is 28.8. The molecule has 0 aromatic heterocycles. The number of benzene rings is 1. The monoisotopic (exact) mass is 346 g/mol. The van der Waals surface area contributed by atoms with Crippen molar-refractivity contribution in [1.29, 1.82) is 0 Å². The van der Waals surface area contributed by atoms with Crippen LogP contribution in [0.4, 0.5) is 17.1 Å². The topological polar surface area (TPSA) is 111 Å². The molecule has 2 fully saturated rings. The number of rotatable bonds is 4. The molecule has 0 saturated heterocycles. The maximum atomic E-state index is 11.2. The molecule has 2 saturated carbocycles. The van der Waals surface area contributed by atoms with Crippen molar-refractivity contribution in [1.82, 2.24) is 0 Å². The standard InChI is InChI=1S/C17H22N4O4/c1-16(2)11-4-7-15(17(16,3)9-8-11)19-18-13-6-5-12(20(22)23)10-14(13)21(24)25/h5-6,10-11,18H,4,7-9H2,1-3H3/t11-,17+/m0/s1. The Hall–Kier alpha value is -2.51. The summed E-state index contributed by atoms with van der Waals surface area (Å²) in [5.41, 5.74) is 3.46. The van der Waals surface area contributed by atoms with E-state index in [-0.39, 0.29) is 27.9 Å². The predicted molar refractivity (Wildman–Crippen MR) is 94.7 cm³/mol. The molecular formula is C17H22N4O4. The van der Waals surface area contributed by atoms with Gasteiger partial charge in [0.05, 0.1) is 15.9 Å². The van der Waals surface area contributed by atoms with Crippen LogP contribution in [-0.2, 0) is 0 Å². The smallest absolute Gasteiger partial charge is 0.272 e. The lowest BCUT2D eigenvalue weighted by Gasteiger charge is -2.46. The van der Waals surface area contributed by atoms with Gasteiger partial charge in [0.15, 0.2) is 0 Å². The minimum absolute atomic E-state index is 0.0293. The number of hydrazone groups is 1. The van der Waals surface area contributed by atoms with E-state index in [1.54, 1.807) is 0 Å². The Balaban J connectivity index is 1.92. The molecule has 8 nitrogen and oxygen atoms in total. The first kappa shape index (κ1) is 17.3. The Kier molecular flexibility index (Phi) is 4.01. The Labute approximate surface area is 145 Å². The molecule has 2 aliphatic carbocycles. The Morgan fingerprint density at radius 2 is 1.88 bits per heavy atom. The number of nitro groups is 2. The van der Waals surface area contributed by atoms with Gasteiger partial charge in [0.25, 0.3) is 5.69 Å². The fourth-order valence-electron chi connectivity index (χ4n) is 4.39. The van der Waals surface area contributed by atoms with Gasteiger partial charge in [-0.15, -0.1) is 0 Å². The van der Waals surface area contributed by atoms with Crippen LogP contribution in [0.1, 0.15) is 46.5 Å². The predicted octanol–water partition coefficient (Wildman–Crippen LogP) is 4.51. The van der Waals surface area contributed by atoms with Gasteiger partial charge in [-0.25, -0.2) is 0 Å². The molecule has 0 amide bonds. The van der Waals surface area contributed by atoms with Crippen molar-refractivity contribution in [3.63, 3.8) is 0 Å². The molecule has 0 radical (unpaired) electrons. The first-order chi connectivity index (χ1) is 11.7. The molecule has 2 bridgehead atoms. The van der Waals surface area contributed by atoms with Gasteiger partial charge in [0, 0.05) is 17.2 Å². The number of anilines is 1. The Morgan fingerprint density at radius 1 is 1.16 bits per heavy atom. The average Bonchev–Trinajstić information content (AvgIpc) is 2.69. The summed E-state index contributed by atoms with van der Waals surface area (Å²) in [7, 11) is 0. The third-order valence-electron chi connectivity index (χ3n) is 6.50. The number of nitro benzene ring substituents is 2. The summed E-state index contributed by atoms with van der Waals surface area (Å²) >= 11 is 0. The number of nitrogens with zero attached hydrogens (tertiary/aromatic N) is 3. The second kappa shape index (κ2) is 5.79. The molecule has 1 N–H and O–H groups in total. The van der Waals surface area contributed by atoms with E-state index in [4.69, 9.17) is 0 Å². The largest absolute Gasteiger partial charge is 0.301 e. The maximum Gasteiger partial charge on any atom is 0.301 e. The average molecular weight is 346 g/mol. The molecule has 134 valence electrons. The lowest BCUT2D eigenvalue weighted by molar-refractivity contribution is -0.393. The van der Waals surface area contributed by atoms with E-state index < -0.39 is 9.85 Å². The van der Waals surface area contributed by atoms with Gasteiger partial charge >= 0.3 is 5.69 Å². The quantitative estimate of drug-likeness (QED) is 0.637. The highest BCUT2D eigenvalue weighted by atomic mass is 16.6. The molecule has 8 heteroatoms. The van der Waals surface area contributed by atoms with Crippen LogP contribution in [0.25, 0.3) is 0 Å². The van der Waals surface area contributed by atoms with Crippen molar-refractivity contribution in [2.24, 2.45) is 21.8 Å². The SMILES string of the molecule is CC1(C)[C@H]2CCC(=NNc3ccc([N+](=O)[O-])cc3[N+](=O)[O-])[C@@]1(C)CC2. The molecule has 0 heterocycles.